The second-order valence-corrected chi connectivity index (χ2v) is 7.58. The molecule has 0 saturated heterocycles. The van der Waals surface area contributed by atoms with E-state index >= 15 is 0 Å². The minimum absolute atomic E-state index is 0.129. The number of nitrogens with zero attached hydrogens (tertiary/aromatic N) is 4. The minimum atomic E-state index is -4.85. The monoisotopic (exact) mass is 435 g/mol. The van der Waals surface area contributed by atoms with E-state index < -0.39 is 23.6 Å². The average molecular weight is 435 g/mol. The Morgan fingerprint density at radius 2 is 2.03 bits per heavy atom. The summed E-state index contributed by atoms with van der Waals surface area (Å²) in [6, 6.07) is 1.81. The zero-order chi connectivity index (χ0) is 21.8. The lowest BCUT2D eigenvalue weighted by atomic mass is 10.1. The van der Waals surface area contributed by atoms with Gasteiger partial charge in [-0.05, 0) is 37.5 Å². The van der Waals surface area contributed by atoms with Crippen LogP contribution in [0.5, 0.6) is 0 Å². The first kappa shape index (κ1) is 19.6. The summed E-state index contributed by atoms with van der Waals surface area (Å²) in [7, 11) is 0. The molecule has 1 N–H and O–H groups in total. The van der Waals surface area contributed by atoms with Crippen LogP contribution in [0.4, 0.5) is 28.0 Å². The molecule has 1 aliphatic heterocycles. The summed E-state index contributed by atoms with van der Waals surface area (Å²) in [6.45, 7) is 0.992. The molecule has 0 bridgehead atoms. The predicted octanol–water partition coefficient (Wildman–Crippen LogP) is 4.23. The van der Waals surface area contributed by atoms with Gasteiger partial charge in [0.05, 0.1) is 35.6 Å². The van der Waals surface area contributed by atoms with Crippen molar-refractivity contribution in [2.45, 2.75) is 38.5 Å². The first-order valence-electron chi connectivity index (χ1n) is 9.76. The Kier molecular flexibility index (Phi) is 4.49. The maximum Gasteiger partial charge on any atom is 0.419 e. The van der Waals surface area contributed by atoms with Crippen molar-refractivity contribution < 1.29 is 26.9 Å². The van der Waals surface area contributed by atoms with Gasteiger partial charge in [0.1, 0.15) is 17.8 Å². The maximum absolute atomic E-state index is 13.5. The summed E-state index contributed by atoms with van der Waals surface area (Å²) < 4.78 is 59.4. The number of nitrogens with one attached hydrogen (secondary N) is 1. The molecule has 0 atom stereocenters. The molecule has 0 fully saturated rings. The summed E-state index contributed by atoms with van der Waals surface area (Å²) in [5, 5.41) is 11.2. The van der Waals surface area contributed by atoms with Crippen molar-refractivity contribution in [3.8, 4) is 11.3 Å². The van der Waals surface area contributed by atoms with Gasteiger partial charge < -0.3 is 14.7 Å². The molecule has 3 aromatic rings. The molecule has 0 unspecified atom stereocenters. The van der Waals surface area contributed by atoms with Gasteiger partial charge in [-0.2, -0.15) is 18.3 Å². The van der Waals surface area contributed by atoms with Crippen LogP contribution in [-0.4, -0.2) is 32.4 Å². The molecular weight excluding hydrogens is 418 g/mol. The Hall–Kier alpha value is -3.37. The van der Waals surface area contributed by atoms with E-state index in [1.54, 1.807) is 6.26 Å². The second-order valence-electron chi connectivity index (χ2n) is 7.58. The quantitative estimate of drug-likeness (QED) is 0.581. The molecule has 0 saturated carbocycles. The van der Waals surface area contributed by atoms with Gasteiger partial charge in [-0.1, -0.05) is 5.16 Å². The Balaban J connectivity index is 1.40. The minimum Gasteiger partial charge on any atom is -0.364 e. The molecule has 1 aromatic carbocycles. The Morgan fingerprint density at radius 3 is 2.84 bits per heavy atom. The van der Waals surface area contributed by atoms with Crippen LogP contribution in [0.1, 0.15) is 28.9 Å². The normalized spacial score (nSPS) is 15.7. The first-order chi connectivity index (χ1) is 14.8. The number of carbonyl (C=O) groups excluding carboxylic acids is 1. The molecule has 162 valence electrons. The van der Waals surface area contributed by atoms with E-state index in [9.17, 15) is 22.4 Å². The molecule has 2 aromatic heterocycles. The average Bonchev–Trinajstić information content (AvgIpc) is 3.28. The number of aromatic nitrogens is 3. The first-order valence-corrected chi connectivity index (χ1v) is 9.76. The van der Waals surface area contributed by atoms with Gasteiger partial charge in [0.25, 0.3) is 0 Å². The van der Waals surface area contributed by atoms with Crippen LogP contribution in [0, 0.1) is 5.82 Å². The molecule has 5 rings (SSSR count). The number of hydrogen-bond acceptors (Lipinski definition) is 4. The standard InChI is InChI=1S/C20H17F4N5O2/c21-14-5-4-12(8-13(14)20(22,23)24)25-19(30)28-6-7-29-16(9-28)17-15(26-29)3-1-2-11-10-31-27-18(11)17/h4-5,8,10H,1-3,6-7,9H2,(H,25,30). The molecule has 2 aliphatic rings. The number of carbonyl (C=O) groups is 1. The van der Waals surface area contributed by atoms with Gasteiger partial charge in [0.15, 0.2) is 0 Å². The largest absolute Gasteiger partial charge is 0.419 e. The number of fused-ring (bicyclic) bond motifs is 5. The van der Waals surface area contributed by atoms with Crippen molar-refractivity contribution in [1.29, 1.82) is 0 Å². The molecule has 0 spiro atoms. The molecule has 2 amide bonds. The SMILES string of the molecule is O=C(Nc1ccc(F)c(C(F)(F)F)c1)N1CCn2nc3c(c2C1)-c1nocc1CCC3. The van der Waals surface area contributed by atoms with E-state index in [0.29, 0.717) is 25.2 Å². The zero-order valence-electron chi connectivity index (χ0n) is 16.2. The van der Waals surface area contributed by atoms with E-state index in [0.717, 1.165) is 53.5 Å². The number of rotatable bonds is 1. The molecule has 1 aliphatic carbocycles. The number of anilines is 1. The molecule has 0 radical (unpaired) electrons. The molecule has 11 heteroatoms. The molecule has 3 heterocycles. The molecule has 7 nitrogen and oxygen atoms in total. The lowest BCUT2D eigenvalue weighted by Crippen LogP contribution is -2.41. The Labute approximate surface area is 173 Å². The topological polar surface area (TPSA) is 76.2 Å². The number of hydrogen-bond donors (Lipinski definition) is 1. The number of benzene rings is 1. The van der Waals surface area contributed by atoms with E-state index in [1.165, 1.54) is 4.90 Å². The van der Waals surface area contributed by atoms with Crippen LogP contribution >= 0.6 is 0 Å². The van der Waals surface area contributed by atoms with E-state index in [1.807, 2.05) is 4.68 Å². The van der Waals surface area contributed by atoms with Crippen molar-refractivity contribution in [2.24, 2.45) is 0 Å². The highest BCUT2D eigenvalue weighted by atomic mass is 19.4. The van der Waals surface area contributed by atoms with Crippen LogP contribution in [-0.2, 0) is 32.1 Å². The lowest BCUT2D eigenvalue weighted by molar-refractivity contribution is -0.139. The Bertz CT molecular complexity index is 1170. The van der Waals surface area contributed by atoms with Gasteiger partial charge >= 0.3 is 12.2 Å². The van der Waals surface area contributed by atoms with Crippen molar-refractivity contribution in [1.82, 2.24) is 19.8 Å². The fourth-order valence-electron chi connectivity index (χ4n) is 4.10. The summed E-state index contributed by atoms with van der Waals surface area (Å²) >= 11 is 0. The highest BCUT2D eigenvalue weighted by molar-refractivity contribution is 5.89. The third-order valence-corrected chi connectivity index (χ3v) is 5.60. The maximum atomic E-state index is 13.5. The van der Waals surface area contributed by atoms with Crippen LogP contribution in [0.15, 0.2) is 29.0 Å². The summed E-state index contributed by atoms with van der Waals surface area (Å²) in [6.07, 6.45) is -0.712. The number of amides is 2. The van der Waals surface area contributed by atoms with Crippen LogP contribution in [0.25, 0.3) is 11.3 Å². The third kappa shape index (κ3) is 3.43. The summed E-state index contributed by atoms with van der Waals surface area (Å²) in [4.78, 5) is 14.2. The second kappa shape index (κ2) is 7.10. The van der Waals surface area contributed by atoms with Crippen LogP contribution < -0.4 is 5.32 Å². The summed E-state index contributed by atoms with van der Waals surface area (Å²) in [5.41, 5.74) is 2.73. The third-order valence-electron chi connectivity index (χ3n) is 5.60. The molecular formula is C20H17F4N5O2. The van der Waals surface area contributed by atoms with Gasteiger partial charge in [0, 0.05) is 17.8 Å². The Morgan fingerprint density at radius 1 is 1.19 bits per heavy atom. The van der Waals surface area contributed by atoms with Gasteiger partial charge in [-0.15, -0.1) is 0 Å². The number of alkyl halides is 3. The number of halogens is 4. The van der Waals surface area contributed by atoms with Gasteiger partial charge in [-0.25, -0.2) is 9.18 Å². The van der Waals surface area contributed by atoms with Crippen molar-refractivity contribution in [2.75, 3.05) is 11.9 Å². The van der Waals surface area contributed by atoms with Gasteiger partial charge in [-0.3, -0.25) is 4.68 Å². The smallest absolute Gasteiger partial charge is 0.364 e. The van der Waals surface area contributed by atoms with E-state index in [-0.39, 0.29) is 12.2 Å². The zero-order valence-corrected chi connectivity index (χ0v) is 16.2. The van der Waals surface area contributed by atoms with Gasteiger partial charge in [0.2, 0.25) is 0 Å². The predicted molar refractivity (Wildman–Crippen MR) is 101 cm³/mol. The van der Waals surface area contributed by atoms with Crippen LogP contribution in [0.2, 0.25) is 0 Å². The van der Waals surface area contributed by atoms with Crippen molar-refractivity contribution in [3.05, 3.63) is 52.8 Å². The summed E-state index contributed by atoms with van der Waals surface area (Å²) in [5.74, 6) is -1.39. The van der Waals surface area contributed by atoms with E-state index in [4.69, 9.17) is 4.52 Å². The van der Waals surface area contributed by atoms with Crippen molar-refractivity contribution in [3.63, 3.8) is 0 Å². The fourth-order valence-corrected chi connectivity index (χ4v) is 4.10. The molecule has 31 heavy (non-hydrogen) atoms. The van der Waals surface area contributed by atoms with Crippen LogP contribution in [0.3, 0.4) is 0 Å². The fraction of sp³-hybridized carbons (Fsp3) is 0.350. The number of aryl methyl sites for hydroxylation is 2. The lowest BCUT2D eigenvalue weighted by Gasteiger charge is -2.28. The van der Waals surface area contributed by atoms with E-state index in [2.05, 4.69) is 15.6 Å². The highest BCUT2D eigenvalue weighted by Gasteiger charge is 2.35. The highest BCUT2D eigenvalue weighted by Crippen LogP contribution is 2.36. The van der Waals surface area contributed by atoms with Crippen molar-refractivity contribution >= 4 is 11.7 Å². The number of urea groups is 1.